The summed E-state index contributed by atoms with van der Waals surface area (Å²) in [6.45, 7) is 3.23. The average molecular weight is 443 g/mol. The van der Waals surface area contributed by atoms with E-state index in [4.69, 9.17) is 19.3 Å². The largest absolute Gasteiger partial charge is 0.497 e. The van der Waals surface area contributed by atoms with Gasteiger partial charge in [-0.25, -0.2) is 0 Å². The van der Waals surface area contributed by atoms with Crippen LogP contribution in [0.15, 0.2) is 42.5 Å². The summed E-state index contributed by atoms with van der Waals surface area (Å²) < 4.78 is 16.1. The van der Waals surface area contributed by atoms with Gasteiger partial charge in [-0.1, -0.05) is 12.1 Å². The van der Waals surface area contributed by atoms with Crippen LogP contribution in [0.4, 0.5) is 5.69 Å². The number of hydrogen-bond acceptors (Lipinski definition) is 6. The molecule has 1 fully saturated rings. The molecule has 2 aromatic rings. The van der Waals surface area contributed by atoms with Crippen molar-refractivity contribution < 1.29 is 24.1 Å². The van der Waals surface area contributed by atoms with Gasteiger partial charge in [-0.05, 0) is 49.4 Å². The lowest BCUT2D eigenvalue weighted by Gasteiger charge is -2.32. The number of ether oxygens (including phenoxy) is 3. The van der Waals surface area contributed by atoms with Crippen molar-refractivity contribution in [2.75, 3.05) is 45.8 Å². The molecule has 1 amide bonds. The molecule has 7 nitrogen and oxygen atoms in total. The van der Waals surface area contributed by atoms with E-state index >= 15 is 0 Å². The average Bonchev–Trinajstić information content (AvgIpc) is 2.81. The van der Waals surface area contributed by atoms with E-state index in [1.165, 1.54) is 5.56 Å². The molecule has 2 aromatic carbocycles. The topological polar surface area (TPSA) is 80.3 Å². The molecule has 1 aliphatic rings. The third-order valence-corrected chi connectivity index (χ3v) is 5.68. The smallest absolute Gasteiger partial charge is 0.224 e. The predicted molar refractivity (Wildman–Crippen MR) is 124 cm³/mol. The van der Waals surface area contributed by atoms with Gasteiger partial charge in [0.05, 0.1) is 20.8 Å². The second-order valence-corrected chi connectivity index (χ2v) is 8.15. The Kier molecular flexibility index (Phi) is 9.19. The van der Waals surface area contributed by atoms with E-state index in [2.05, 4.69) is 16.3 Å². The molecular formula is C25H34N2O5. The number of piperidine rings is 1. The molecular weight excluding hydrogens is 408 g/mol. The molecule has 2 N–H and O–H groups in total. The first-order valence-corrected chi connectivity index (χ1v) is 11.2. The van der Waals surface area contributed by atoms with Crippen molar-refractivity contribution in [2.45, 2.75) is 32.2 Å². The van der Waals surface area contributed by atoms with Gasteiger partial charge in [0, 0.05) is 43.4 Å². The number of methoxy groups -OCH3 is 2. The minimum absolute atomic E-state index is 0.00571. The van der Waals surface area contributed by atoms with Crippen LogP contribution in [0.2, 0.25) is 0 Å². The van der Waals surface area contributed by atoms with Gasteiger partial charge in [0.1, 0.15) is 23.9 Å². The van der Waals surface area contributed by atoms with Crippen molar-refractivity contribution in [1.29, 1.82) is 0 Å². The lowest BCUT2D eigenvalue weighted by molar-refractivity contribution is -0.116. The number of aliphatic hydroxyl groups is 1. The number of hydrogen-bond donors (Lipinski definition) is 2. The summed E-state index contributed by atoms with van der Waals surface area (Å²) >= 11 is 0. The maximum atomic E-state index is 12.5. The van der Waals surface area contributed by atoms with E-state index in [9.17, 15) is 4.79 Å². The third kappa shape index (κ3) is 7.43. The fourth-order valence-electron chi connectivity index (χ4n) is 4.12. The number of amides is 1. The van der Waals surface area contributed by atoms with Crippen LogP contribution in [0, 0.1) is 5.92 Å². The summed E-state index contributed by atoms with van der Waals surface area (Å²) in [5.41, 5.74) is 1.88. The molecule has 0 aliphatic carbocycles. The highest BCUT2D eigenvalue weighted by molar-refractivity contribution is 5.91. The summed E-state index contributed by atoms with van der Waals surface area (Å²) in [6.07, 6.45) is 3.64. The van der Waals surface area contributed by atoms with E-state index in [0.29, 0.717) is 36.1 Å². The lowest BCUT2D eigenvalue weighted by Crippen LogP contribution is -2.35. The molecule has 0 spiro atoms. The Labute approximate surface area is 190 Å². The fraction of sp³-hybridized carbons (Fsp3) is 0.480. The van der Waals surface area contributed by atoms with Crippen molar-refractivity contribution in [3.05, 3.63) is 48.0 Å². The monoisotopic (exact) mass is 442 g/mol. The second-order valence-electron chi connectivity index (χ2n) is 8.15. The maximum Gasteiger partial charge on any atom is 0.224 e. The summed E-state index contributed by atoms with van der Waals surface area (Å²) in [5.74, 6) is 2.59. The second kappa shape index (κ2) is 12.3. The highest BCUT2D eigenvalue weighted by Crippen LogP contribution is 2.27. The summed E-state index contributed by atoms with van der Waals surface area (Å²) in [4.78, 5) is 15.0. The van der Waals surface area contributed by atoms with Crippen LogP contribution in [0.1, 0.15) is 31.2 Å². The van der Waals surface area contributed by atoms with Crippen molar-refractivity contribution >= 4 is 11.6 Å². The first-order valence-electron chi connectivity index (χ1n) is 11.2. The molecule has 0 aromatic heterocycles. The number of rotatable bonds is 11. The molecule has 0 radical (unpaired) electrons. The fourth-order valence-corrected chi connectivity index (χ4v) is 4.12. The van der Waals surface area contributed by atoms with Gasteiger partial charge in [0.15, 0.2) is 0 Å². The summed E-state index contributed by atoms with van der Waals surface area (Å²) in [6, 6.07) is 13.4. The standard InChI is InChI=1S/C25H34N2O5/c1-30-23-14-21(15-24(16-23)31-2)26-25(29)9-8-19-6-4-10-27(17-19)18-20-5-3-7-22(13-20)32-12-11-28/h3,5,7,13-16,19,28H,4,6,8-12,17-18H2,1-2H3,(H,26,29)/t19-/m0/s1. The van der Waals surface area contributed by atoms with E-state index < -0.39 is 0 Å². The summed E-state index contributed by atoms with van der Waals surface area (Å²) in [7, 11) is 3.18. The zero-order valence-corrected chi connectivity index (χ0v) is 19.0. The molecule has 1 heterocycles. The van der Waals surface area contributed by atoms with Crippen LogP contribution in [-0.2, 0) is 11.3 Å². The van der Waals surface area contributed by atoms with E-state index in [1.54, 1.807) is 32.4 Å². The molecule has 174 valence electrons. The predicted octanol–water partition coefficient (Wildman–Crippen LogP) is 3.71. The van der Waals surface area contributed by atoms with Gasteiger partial charge in [0.2, 0.25) is 5.91 Å². The number of likely N-dealkylation sites (tertiary alicyclic amines) is 1. The Hall–Kier alpha value is -2.77. The zero-order valence-electron chi connectivity index (χ0n) is 19.0. The highest BCUT2D eigenvalue weighted by Gasteiger charge is 2.21. The van der Waals surface area contributed by atoms with E-state index in [0.717, 1.165) is 44.6 Å². The van der Waals surface area contributed by atoms with Gasteiger partial charge in [-0.3, -0.25) is 9.69 Å². The number of anilines is 1. The van der Waals surface area contributed by atoms with Crippen LogP contribution in [0.25, 0.3) is 0 Å². The first-order chi connectivity index (χ1) is 15.6. The molecule has 0 saturated carbocycles. The van der Waals surface area contributed by atoms with Crippen molar-refractivity contribution in [2.24, 2.45) is 5.92 Å². The van der Waals surface area contributed by atoms with Crippen LogP contribution in [0.5, 0.6) is 17.2 Å². The number of nitrogens with zero attached hydrogens (tertiary/aromatic N) is 1. The maximum absolute atomic E-state index is 12.5. The first kappa shape index (κ1) is 23.9. The molecule has 7 heteroatoms. The minimum atomic E-state index is 0.00571. The Morgan fingerprint density at radius 2 is 1.91 bits per heavy atom. The number of nitrogens with one attached hydrogen (secondary N) is 1. The van der Waals surface area contributed by atoms with Crippen molar-refractivity contribution in [3.63, 3.8) is 0 Å². The molecule has 0 unspecified atom stereocenters. The van der Waals surface area contributed by atoms with Gasteiger partial charge in [-0.15, -0.1) is 0 Å². The van der Waals surface area contributed by atoms with Gasteiger partial charge in [-0.2, -0.15) is 0 Å². The normalized spacial score (nSPS) is 16.4. The Bertz CT molecular complexity index is 851. The minimum Gasteiger partial charge on any atom is -0.497 e. The third-order valence-electron chi connectivity index (χ3n) is 5.68. The SMILES string of the molecule is COc1cc(NC(=O)CC[C@@H]2CCCN(Cc3cccc(OCCO)c3)C2)cc(OC)c1. The van der Waals surface area contributed by atoms with Gasteiger partial charge < -0.3 is 24.6 Å². The molecule has 1 atom stereocenters. The van der Waals surface area contributed by atoms with Gasteiger partial charge >= 0.3 is 0 Å². The molecule has 1 saturated heterocycles. The molecule has 3 rings (SSSR count). The Balaban J connectivity index is 1.47. The lowest BCUT2D eigenvalue weighted by atomic mass is 9.93. The number of carbonyl (C=O) groups excluding carboxylic acids is 1. The van der Waals surface area contributed by atoms with Crippen LogP contribution in [0.3, 0.4) is 0 Å². The molecule has 1 aliphatic heterocycles. The van der Waals surface area contributed by atoms with Crippen LogP contribution < -0.4 is 19.5 Å². The quantitative estimate of drug-likeness (QED) is 0.552. The van der Waals surface area contributed by atoms with E-state index in [-0.39, 0.29) is 12.5 Å². The van der Waals surface area contributed by atoms with Crippen molar-refractivity contribution in [3.8, 4) is 17.2 Å². The number of carbonyl (C=O) groups is 1. The molecule has 32 heavy (non-hydrogen) atoms. The van der Waals surface area contributed by atoms with Crippen LogP contribution in [-0.4, -0.2) is 56.4 Å². The van der Waals surface area contributed by atoms with Gasteiger partial charge in [0.25, 0.3) is 0 Å². The zero-order chi connectivity index (χ0) is 22.8. The Morgan fingerprint density at radius 1 is 1.12 bits per heavy atom. The summed E-state index contributed by atoms with van der Waals surface area (Å²) in [5, 5.41) is 11.9. The highest BCUT2D eigenvalue weighted by atomic mass is 16.5. The number of aliphatic hydroxyl groups excluding tert-OH is 1. The van der Waals surface area contributed by atoms with E-state index in [1.807, 2.05) is 18.2 Å². The number of benzene rings is 2. The Morgan fingerprint density at radius 3 is 2.62 bits per heavy atom. The van der Waals surface area contributed by atoms with Crippen molar-refractivity contribution in [1.82, 2.24) is 4.90 Å². The molecule has 0 bridgehead atoms. The van der Waals surface area contributed by atoms with Crippen LogP contribution >= 0.6 is 0 Å².